The summed E-state index contributed by atoms with van der Waals surface area (Å²) in [5.41, 5.74) is -0.00202. The van der Waals surface area contributed by atoms with Gasteiger partial charge in [-0.25, -0.2) is 0 Å². The standard InChI is InChI=1S/C12H14N2O7/c1-20-11-4-3-8(5-10(11)14(18)19)9(7-13(16)17)6-12(15)21-2/h3-5,9H,6-7H2,1-2H3/t9-/m0/s1. The molecule has 0 aromatic heterocycles. The van der Waals surface area contributed by atoms with E-state index in [1.165, 1.54) is 32.4 Å². The van der Waals surface area contributed by atoms with Crippen molar-refractivity contribution in [3.05, 3.63) is 44.0 Å². The van der Waals surface area contributed by atoms with Crippen molar-refractivity contribution < 1.29 is 24.1 Å². The van der Waals surface area contributed by atoms with E-state index < -0.39 is 28.3 Å². The van der Waals surface area contributed by atoms with Gasteiger partial charge >= 0.3 is 11.7 Å². The maximum absolute atomic E-state index is 11.3. The van der Waals surface area contributed by atoms with Crippen LogP contribution in [0.4, 0.5) is 5.69 Å². The first kappa shape index (κ1) is 16.3. The Bertz CT molecular complexity index is 559. The topological polar surface area (TPSA) is 122 Å². The molecule has 0 radical (unpaired) electrons. The summed E-state index contributed by atoms with van der Waals surface area (Å²) in [6.07, 6.45) is -0.235. The fraction of sp³-hybridized carbons (Fsp3) is 0.417. The molecule has 21 heavy (non-hydrogen) atoms. The number of carbonyl (C=O) groups excluding carboxylic acids is 1. The molecule has 1 atom stereocenters. The molecule has 0 aliphatic carbocycles. The molecule has 1 aromatic carbocycles. The fourth-order valence-electron chi connectivity index (χ4n) is 1.86. The molecular formula is C12H14N2O7. The zero-order chi connectivity index (χ0) is 16.0. The molecule has 0 spiro atoms. The predicted molar refractivity (Wildman–Crippen MR) is 70.9 cm³/mol. The second kappa shape index (κ2) is 7.17. The number of nitro groups is 2. The number of methoxy groups -OCH3 is 2. The van der Waals surface area contributed by atoms with Gasteiger partial charge in [0.2, 0.25) is 6.54 Å². The van der Waals surface area contributed by atoms with Crippen molar-refractivity contribution >= 4 is 11.7 Å². The predicted octanol–water partition coefficient (Wildman–Crippen LogP) is 1.53. The lowest BCUT2D eigenvalue weighted by molar-refractivity contribution is -0.483. The molecule has 0 aliphatic rings. The Morgan fingerprint density at radius 3 is 2.43 bits per heavy atom. The van der Waals surface area contributed by atoms with Crippen molar-refractivity contribution in [3.8, 4) is 5.75 Å². The molecular weight excluding hydrogens is 284 g/mol. The van der Waals surface area contributed by atoms with E-state index in [2.05, 4.69) is 4.74 Å². The van der Waals surface area contributed by atoms with E-state index in [-0.39, 0.29) is 17.9 Å². The summed E-state index contributed by atoms with van der Waals surface area (Å²) in [6.45, 7) is -0.529. The van der Waals surface area contributed by atoms with Crippen molar-refractivity contribution in [1.29, 1.82) is 0 Å². The Kier molecular flexibility index (Phi) is 5.58. The molecule has 0 saturated heterocycles. The van der Waals surface area contributed by atoms with E-state index in [1.54, 1.807) is 0 Å². The van der Waals surface area contributed by atoms with Crippen LogP contribution in [0.25, 0.3) is 0 Å². The number of esters is 1. The summed E-state index contributed by atoms with van der Waals surface area (Å²) in [5.74, 6) is -1.39. The molecule has 0 saturated carbocycles. The van der Waals surface area contributed by atoms with E-state index >= 15 is 0 Å². The smallest absolute Gasteiger partial charge is 0.311 e. The highest BCUT2D eigenvalue weighted by atomic mass is 16.6. The first-order valence-electron chi connectivity index (χ1n) is 5.90. The molecule has 1 aromatic rings. The Morgan fingerprint density at radius 1 is 1.29 bits per heavy atom. The number of hydrogen-bond acceptors (Lipinski definition) is 7. The molecule has 1 rings (SSSR count). The molecule has 0 heterocycles. The monoisotopic (exact) mass is 298 g/mol. The van der Waals surface area contributed by atoms with E-state index in [9.17, 15) is 25.0 Å². The van der Waals surface area contributed by atoms with Crippen LogP contribution in [0.1, 0.15) is 17.9 Å². The first-order chi connectivity index (χ1) is 9.88. The summed E-state index contributed by atoms with van der Waals surface area (Å²) < 4.78 is 9.34. The summed E-state index contributed by atoms with van der Waals surface area (Å²) in [4.78, 5) is 31.7. The summed E-state index contributed by atoms with van der Waals surface area (Å²) in [6, 6.07) is 3.98. The first-order valence-corrected chi connectivity index (χ1v) is 5.90. The van der Waals surface area contributed by atoms with Crippen molar-refractivity contribution in [1.82, 2.24) is 0 Å². The van der Waals surface area contributed by atoms with Crippen LogP contribution in [0.5, 0.6) is 5.75 Å². The van der Waals surface area contributed by atoms with Gasteiger partial charge in [-0.15, -0.1) is 0 Å². The molecule has 9 nitrogen and oxygen atoms in total. The normalized spacial score (nSPS) is 11.5. The molecule has 0 unspecified atom stereocenters. The van der Waals surface area contributed by atoms with Gasteiger partial charge in [-0.2, -0.15) is 0 Å². The third-order valence-electron chi connectivity index (χ3n) is 2.88. The molecule has 0 bridgehead atoms. The van der Waals surface area contributed by atoms with Crippen molar-refractivity contribution in [2.75, 3.05) is 20.8 Å². The van der Waals surface area contributed by atoms with Gasteiger partial charge in [0.05, 0.1) is 31.5 Å². The molecule has 0 fully saturated rings. The van der Waals surface area contributed by atoms with Crippen molar-refractivity contribution in [3.63, 3.8) is 0 Å². The van der Waals surface area contributed by atoms with Gasteiger partial charge in [-0.05, 0) is 11.6 Å². The van der Waals surface area contributed by atoms with Gasteiger partial charge in [-0.3, -0.25) is 25.0 Å². The van der Waals surface area contributed by atoms with Crippen LogP contribution in [0.3, 0.4) is 0 Å². The third kappa shape index (κ3) is 4.41. The van der Waals surface area contributed by atoms with Crippen LogP contribution in [-0.4, -0.2) is 36.6 Å². The number of benzene rings is 1. The van der Waals surface area contributed by atoms with Gasteiger partial charge < -0.3 is 9.47 Å². The SMILES string of the molecule is COC(=O)C[C@@H](C[N+](=O)[O-])c1ccc(OC)c([N+](=O)[O-])c1. The lowest BCUT2D eigenvalue weighted by Gasteiger charge is -2.12. The minimum atomic E-state index is -0.808. The van der Waals surface area contributed by atoms with E-state index in [4.69, 9.17) is 4.74 Å². The lowest BCUT2D eigenvalue weighted by Crippen LogP contribution is -2.17. The van der Waals surface area contributed by atoms with Gasteiger partial charge in [0, 0.05) is 11.0 Å². The number of hydrogen-bond donors (Lipinski definition) is 0. The summed E-state index contributed by atoms with van der Waals surface area (Å²) in [5, 5.41) is 21.6. The number of rotatable bonds is 7. The van der Waals surface area contributed by atoms with E-state index in [0.717, 1.165) is 0 Å². The maximum atomic E-state index is 11.3. The minimum absolute atomic E-state index is 0.0432. The largest absolute Gasteiger partial charge is 0.490 e. The highest BCUT2D eigenvalue weighted by molar-refractivity contribution is 5.70. The average molecular weight is 298 g/mol. The van der Waals surface area contributed by atoms with Gasteiger partial charge in [0.1, 0.15) is 0 Å². The lowest BCUT2D eigenvalue weighted by atomic mass is 9.95. The van der Waals surface area contributed by atoms with Crippen LogP contribution >= 0.6 is 0 Å². The van der Waals surface area contributed by atoms with Crippen LogP contribution in [0, 0.1) is 20.2 Å². The quantitative estimate of drug-likeness (QED) is 0.425. The zero-order valence-corrected chi connectivity index (χ0v) is 11.5. The van der Waals surface area contributed by atoms with E-state index in [1.807, 2.05) is 0 Å². The highest BCUT2D eigenvalue weighted by Crippen LogP contribution is 2.31. The van der Waals surface area contributed by atoms with Crippen LogP contribution < -0.4 is 4.74 Å². The number of nitro benzene ring substituents is 1. The van der Waals surface area contributed by atoms with Gasteiger partial charge in [0.25, 0.3) is 0 Å². The number of nitrogens with zero attached hydrogens (tertiary/aromatic N) is 2. The highest BCUT2D eigenvalue weighted by Gasteiger charge is 2.25. The Balaban J connectivity index is 3.17. The second-order valence-electron chi connectivity index (χ2n) is 4.18. The van der Waals surface area contributed by atoms with Crippen LogP contribution in [0.2, 0.25) is 0 Å². The molecule has 0 amide bonds. The van der Waals surface area contributed by atoms with Crippen LogP contribution in [0.15, 0.2) is 18.2 Å². The average Bonchev–Trinajstić information content (AvgIpc) is 2.45. The Labute approximate surface area is 119 Å². The molecule has 0 aliphatic heterocycles. The number of carbonyl (C=O) groups is 1. The Morgan fingerprint density at radius 2 is 1.95 bits per heavy atom. The van der Waals surface area contributed by atoms with Gasteiger partial charge in [0.15, 0.2) is 5.75 Å². The molecule has 114 valence electrons. The van der Waals surface area contributed by atoms with Crippen molar-refractivity contribution in [2.45, 2.75) is 12.3 Å². The van der Waals surface area contributed by atoms with Gasteiger partial charge in [-0.1, -0.05) is 6.07 Å². The summed E-state index contributed by atoms with van der Waals surface area (Å²) >= 11 is 0. The fourth-order valence-corrected chi connectivity index (χ4v) is 1.86. The van der Waals surface area contributed by atoms with Crippen LogP contribution in [-0.2, 0) is 9.53 Å². The molecule has 9 heteroatoms. The second-order valence-corrected chi connectivity index (χ2v) is 4.18. The van der Waals surface area contributed by atoms with E-state index in [0.29, 0.717) is 5.56 Å². The summed E-state index contributed by atoms with van der Waals surface area (Å²) in [7, 11) is 2.45. The third-order valence-corrected chi connectivity index (χ3v) is 2.88. The molecule has 0 N–H and O–H groups in total. The number of ether oxygens (including phenoxy) is 2. The maximum Gasteiger partial charge on any atom is 0.311 e. The Hall–Kier alpha value is -2.71. The zero-order valence-electron chi connectivity index (χ0n) is 11.5. The van der Waals surface area contributed by atoms with Crippen molar-refractivity contribution in [2.24, 2.45) is 0 Å². The minimum Gasteiger partial charge on any atom is -0.490 e.